The molecule has 1 aliphatic carbocycles. The average molecular weight is 333 g/mol. The van der Waals surface area contributed by atoms with E-state index in [2.05, 4.69) is 18.0 Å². The summed E-state index contributed by atoms with van der Waals surface area (Å²) in [5.41, 5.74) is 1.58. The molecule has 0 radical (unpaired) electrons. The summed E-state index contributed by atoms with van der Waals surface area (Å²) in [6.07, 6.45) is 6.31. The predicted octanol–water partition coefficient (Wildman–Crippen LogP) is 4.77. The summed E-state index contributed by atoms with van der Waals surface area (Å²) in [7, 11) is 2.14. The second-order valence-corrected chi connectivity index (χ2v) is 6.81. The Labute approximate surface area is 148 Å². The van der Waals surface area contributed by atoms with Crippen molar-refractivity contribution < 1.29 is 5.11 Å². The molecule has 0 aliphatic heterocycles. The van der Waals surface area contributed by atoms with Gasteiger partial charge in [0.05, 0.1) is 11.1 Å². The number of nitrogens with zero attached hydrogens (tertiary/aromatic N) is 3. The van der Waals surface area contributed by atoms with Crippen molar-refractivity contribution in [1.82, 2.24) is 9.97 Å². The Kier molecular flexibility index (Phi) is 4.26. The second-order valence-electron chi connectivity index (χ2n) is 6.81. The van der Waals surface area contributed by atoms with Crippen LogP contribution in [-0.2, 0) is 0 Å². The zero-order valence-corrected chi connectivity index (χ0v) is 14.5. The van der Waals surface area contributed by atoms with E-state index in [4.69, 9.17) is 9.97 Å². The quantitative estimate of drug-likeness (QED) is 0.750. The third kappa shape index (κ3) is 3.04. The fourth-order valence-corrected chi connectivity index (χ4v) is 3.75. The van der Waals surface area contributed by atoms with Crippen LogP contribution >= 0.6 is 0 Å². The molecule has 0 spiro atoms. The number of phenols is 1. The molecule has 0 bridgehead atoms. The van der Waals surface area contributed by atoms with Crippen molar-refractivity contribution in [2.45, 2.75) is 38.1 Å². The number of hydrogen-bond acceptors (Lipinski definition) is 4. The van der Waals surface area contributed by atoms with Crippen molar-refractivity contribution in [3.8, 4) is 17.1 Å². The SMILES string of the molecule is CN(c1nc(-c2ccccc2O)nc2ccccc12)C1CCCCC1. The Balaban J connectivity index is 1.85. The van der Waals surface area contributed by atoms with Gasteiger partial charge in [-0.1, -0.05) is 43.5 Å². The third-order valence-electron chi connectivity index (χ3n) is 5.18. The molecule has 1 fully saturated rings. The average Bonchev–Trinajstić information content (AvgIpc) is 2.67. The lowest BCUT2D eigenvalue weighted by molar-refractivity contribution is 0.426. The van der Waals surface area contributed by atoms with Crippen molar-refractivity contribution in [2.75, 3.05) is 11.9 Å². The molecule has 128 valence electrons. The minimum absolute atomic E-state index is 0.212. The second kappa shape index (κ2) is 6.71. The molecule has 1 N–H and O–H groups in total. The van der Waals surface area contributed by atoms with Gasteiger partial charge in [0.1, 0.15) is 11.6 Å². The first-order valence-electron chi connectivity index (χ1n) is 9.02. The van der Waals surface area contributed by atoms with E-state index < -0.39 is 0 Å². The van der Waals surface area contributed by atoms with Gasteiger partial charge >= 0.3 is 0 Å². The van der Waals surface area contributed by atoms with Gasteiger partial charge in [0, 0.05) is 18.5 Å². The van der Waals surface area contributed by atoms with Crippen molar-refractivity contribution in [2.24, 2.45) is 0 Å². The van der Waals surface area contributed by atoms with E-state index in [0.29, 0.717) is 17.4 Å². The van der Waals surface area contributed by atoms with E-state index in [1.165, 1.54) is 32.1 Å². The standard InChI is InChI=1S/C21H23N3O/c1-24(15-9-3-2-4-10-15)21-16-11-5-7-13-18(16)22-20(23-21)17-12-6-8-14-19(17)25/h5-8,11-15,25H,2-4,9-10H2,1H3. The number of aromatic hydroxyl groups is 1. The molecule has 25 heavy (non-hydrogen) atoms. The Morgan fingerprint density at radius 3 is 2.44 bits per heavy atom. The molecule has 4 heteroatoms. The summed E-state index contributed by atoms with van der Waals surface area (Å²) in [6.45, 7) is 0. The van der Waals surface area contributed by atoms with Gasteiger partial charge in [-0.25, -0.2) is 9.97 Å². The van der Waals surface area contributed by atoms with Gasteiger partial charge in [-0.15, -0.1) is 0 Å². The largest absolute Gasteiger partial charge is 0.507 e. The van der Waals surface area contributed by atoms with Crippen molar-refractivity contribution in [3.63, 3.8) is 0 Å². The highest BCUT2D eigenvalue weighted by Crippen LogP contribution is 2.33. The number of fused-ring (bicyclic) bond motifs is 1. The predicted molar refractivity (Wildman–Crippen MR) is 102 cm³/mol. The van der Waals surface area contributed by atoms with Crippen LogP contribution in [0.4, 0.5) is 5.82 Å². The maximum atomic E-state index is 10.2. The van der Waals surface area contributed by atoms with E-state index in [1.54, 1.807) is 6.07 Å². The smallest absolute Gasteiger partial charge is 0.165 e. The normalized spacial score (nSPS) is 15.4. The van der Waals surface area contributed by atoms with E-state index >= 15 is 0 Å². The first-order chi connectivity index (χ1) is 12.2. The van der Waals surface area contributed by atoms with Crippen LogP contribution in [0.15, 0.2) is 48.5 Å². The van der Waals surface area contributed by atoms with E-state index in [9.17, 15) is 5.11 Å². The van der Waals surface area contributed by atoms with Gasteiger partial charge in [-0.05, 0) is 37.1 Å². The number of rotatable bonds is 3. The van der Waals surface area contributed by atoms with E-state index in [-0.39, 0.29) is 5.75 Å². The molecule has 3 aromatic rings. The molecule has 0 atom stereocenters. The Morgan fingerprint density at radius 2 is 1.64 bits per heavy atom. The van der Waals surface area contributed by atoms with Crippen LogP contribution in [0, 0.1) is 0 Å². The highest BCUT2D eigenvalue weighted by atomic mass is 16.3. The van der Waals surface area contributed by atoms with Crippen molar-refractivity contribution in [3.05, 3.63) is 48.5 Å². The number of anilines is 1. The van der Waals surface area contributed by atoms with Gasteiger partial charge < -0.3 is 10.0 Å². The van der Waals surface area contributed by atoms with Gasteiger partial charge in [0.25, 0.3) is 0 Å². The van der Waals surface area contributed by atoms with Gasteiger partial charge in [-0.3, -0.25) is 0 Å². The summed E-state index contributed by atoms with van der Waals surface area (Å²) in [5.74, 6) is 1.74. The topological polar surface area (TPSA) is 49.2 Å². The molecule has 0 amide bonds. The summed E-state index contributed by atoms with van der Waals surface area (Å²) >= 11 is 0. The summed E-state index contributed by atoms with van der Waals surface area (Å²) in [4.78, 5) is 11.9. The number of phenolic OH excluding ortho intramolecular Hbond substituents is 1. The van der Waals surface area contributed by atoms with Crippen molar-refractivity contribution in [1.29, 1.82) is 0 Å². The van der Waals surface area contributed by atoms with Crippen LogP contribution in [0.25, 0.3) is 22.3 Å². The lowest BCUT2D eigenvalue weighted by Crippen LogP contribution is -2.34. The van der Waals surface area contributed by atoms with Gasteiger partial charge in [0.15, 0.2) is 5.82 Å². The summed E-state index contributed by atoms with van der Waals surface area (Å²) < 4.78 is 0. The van der Waals surface area contributed by atoms with Crippen LogP contribution in [-0.4, -0.2) is 28.2 Å². The first kappa shape index (κ1) is 15.9. The van der Waals surface area contributed by atoms with Crippen LogP contribution in [0.1, 0.15) is 32.1 Å². The molecular weight excluding hydrogens is 310 g/mol. The highest BCUT2D eigenvalue weighted by molar-refractivity contribution is 5.91. The Hall–Kier alpha value is -2.62. The fraction of sp³-hybridized carbons (Fsp3) is 0.333. The maximum Gasteiger partial charge on any atom is 0.165 e. The fourth-order valence-electron chi connectivity index (χ4n) is 3.75. The minimum atomic E-state index is 0.212. The van der Waals surface area contributed by atoms with Gasteiger partial charge in [0.2, 0.25) is 0 Å². The van der Waals surface area contributed by atoms with E-state index in [1.807, 2.05) is 36.4 Å². The zero-order valence-electron chi connectivity index (χ0n) is 14.5. The number of benzene rings is 2. The molecule has 1 aromatic heterocycles. The highest BCUT2D eigenvalue weighted by Gasteiger charge is 2.22. The van der Waals surface area contributed by atoms with Crippen LogP contribution in [0.3, 0.4) is 0 Å². The molecule has 1 saturated carbocycles. The number of hydrogen-bond donors (Lipinski definition) is 1. The minimum Gasteiger partial charge on any atom is -0.507 e. The number of para-hydroxylation sites is 2. The van der Waals surface area contributed by atoms with E-state index in [0.717, 1.165) is 16.7 Å². The molecule has 1 heterocycles. The molecule has 4 rings (SSSR count). The molecular formula is C21H23N3O. The molecule has 0 saturated heterocycles. The molecule has 1 aliphatic rings. The van der Waals surface area contributed by atoms with Crippen LogP contribution in [0.2, 0.25) is 0 Å². The third-order valence-corrected chi connectivity index (χ3v) is 5.18. The van der Waals surface area contributed by atoms with Crippen molar-refractivity contribution >= 4 is 16.7 Å². The molecule has 2 aromatic carbocycles. The molecule has 4 nitrogen and oxygen atoms in total. The summed E-state index contributed by atoms with van der Waals surface area (Å²) in [5, 5.41) is 11.3. The lowest BCUT2D eigenvalue weighted by Gasteiger charge is -2.32. The first-order valence-corrected chi connectivity index (χ1v) is 9.02. The number of aromatic nitrogens is 2. The molecule has 0 unspecified atom stereocenters. The maximum absolute atomic E-state index is 10.2. The monoisotopic (exact) mass is 333 g/mol. The summed E-state index contributed by atoms with van der Waals surface area (Å²) in [6, 6.07) is 15.9. The van der Waals surface area contributed by atoms with Gasteiger partial charge in [-0.2, -0.15) is 0 Å². The lowest BCUT2D eigenvalue weighted by atomic mass is 9.94. The zero-order chi connectivity index (χ0) is 17.2. The Morgan fingerprint density at radius 1 is 0.920 bits per heavy atom. The van der Waals surface area contributed by atoms with Crippen LogP contribution in [0.5, 0.6) is 5.75 Å². The van der Waals surface area contributed by atoms with Crippen LogP contribution < -0.4 is 4.90 Å². The Bertz CT molecular complexity index is 887.